The molecule has 2 aromatic heterocycles. The van der Waals surface area contributed by atoms with E-state index in [2.05, 4.69) is 15.4 Å². The molecule has 1 amide bonds. The fourth-order valence-electron chi connectivity index (χ4n) is 3.84. The zero-order valence-corrected chi connectivity index (χ0v) is 18.0. The third-order valence-electron chi connectivity index (χ3n) is 5.40. The predicted octanol–water partition coefficient (Wildman–Crippen LogP) is 3.98. The number of ether oxygens (including phenoxy) is 3. The summed E-state index contributed by atoms with van der Waals surface area (Å²) in [6.45, 7) is 0. The van der Waals surface area contributed by atoms with Crippen LogP contribution in [0.2, 0.25) is 0 Å². The Morgan fingerprint density at radius 3 is 2.68 bits per heavy atom. The Labute approximate surface area is 182 Å². The maximum absolute atomic E-state index is 12.6. The lowest BCUT2D eigenvalue weighted by Crippen LogP contribution is -2.24. The summed E-state index contributed by atoms with van der Waals surface area (Å²) in [4.78, 5) is 17.3. The number of thiazole rings is 1. The van der Waals surface area contributed by atoms with Gasteiger partial charge in [0.25, 0.3) is 0 Å². The number of carbonyl (C=O) groups excluding carboxylic acids is 1. The second kappa shape index (κ2) is 7.59. The van der Waals surface area contributed by atoms with Crippen LogP contribution in [-0.2, 0) is 4.79 Å². The number of rotatable bonds is 5. The van der Waals surface area contributed by atoms with E-state index in [1.807, 2.05) is 36.4 Å². The highest BCUT2D eigenvalue weighted by atomic mass is 32.1. The minimum absolute atomic E-state index is 0.0724. The Morgan fingerprint density at radius 2 is 1.90 bits per heavy atom. The number of hydrogen-bond donors (Lipinski definition) is 1. The van der Waals surface area contributed by atoms with Gasteiger partial charge in [0, 0.05) is 17.9 Å². The molecule has 1 aliphatic rings. The average molecular weight is 436 g/mol. The molecule has 0 saturated heterocycles. The first-order valence-electron chi connectivity index (χ1n) is 9.66. The van der Waals surface area contributed by atoms with Crippen molar-refractivity contribution in [1.82, 2.24) is 14.8 Å². The zero-order valence-electron chi connectivity index (χ0n) is 17.2. The average Bonchev–Trinajstić information content (AvgIpc) is 3.41. The third-order valence-corrected chi connectivity index (χ3v) is 6.39. The topological polar surface area (TPSA) is 87.5 Å². The van der Waals surface area contributed by atoms with Gasteiger partial charge in [0.1, 0.15) is 11.6 Å². The molecule has 0 spiro atoms. The van der Waals surface area contributed by atoms with Crippen molar-refractivity contribution in [2.75, 3.05) is 26.6 Å². The molecule has 3 heterocycles. The molecule has 0 saturated carbocycles. The van der Waals surface area contributed by atoms with Crippen LogP contribution >= 0.6 is 11.3 Å². The molecular weight excluding hydrogens is 416 g/mol. The van der Waals surface area contributed by atoms with Crippen molar-refractivity contribution >= 4 is 33.3 Å². The number of nitrogens with zero attached hydrogens (tertiary/aromatic N) is 3. The smallest absolute Gasteiger partial charge is 0.226 e. The Morgan fingerprint density at radius 1 is 1.06 bits per heavy atom. The van der Waals surface area contributed by atoms with Gasteiger partial charge in [-0.15, -0.1) is 0 Å². The van der Waals surface area contributed by atoms with Gasteiger partial charge >= 0.3 is 0 Å². The van der Waals surface area contributed by atoms with Crippen LogP contribution in [0.4, 0.5) is 5.82 Å². The Balaban J connectivity index is 1.58. The van der Waals surface area contributed by atoms with E-state index in [0.717, 1.165) is 27.1 Å². The van der Waals surface area contributed by atoms with E-state index >= 15 is 0 Å². The maximum Gasteiger partial charge on any atom is 0.226 e. The summed E-state index contributed by atoms with van der Waals surface area (Å²) >= 11 is 1.49. The van der Waals surface area contributed by atoms with Gasteiger partial charge in [-0.25, -0.2) is 4.98 Å². The summed E-state index contributed by atoms with van der Waals surface area (Å²) in [5.74, 6) is 2.46. The van der Waals surface area contributed by atoms with Gasteiger partial charge in [-0.05, 0) is 35.9 Å². The van der Waals surface area contributed by atoms with Gasteiger partial charge in [0.05, 0.1) is 37.7 Å². The van der Waals surface area contributed by atoms with E-state index in [-0.39, 0.29) is 11.8 Å². The largest absolute Gasteiger partial charge is 0.497 e. The molecule has 0 aliphatic carbocycles. The van der Waals surface area contributed by atoms with E-state index in [1.54, 1.807) is 32.2 Å². The standard InChI is InChI=1S/C22H20N4O4S/c1-28-13-5-6-16-19(9-13)31-22(24-16)26-21-15(11-23-26)14(10-20(27)25-21)12-4-7-17(29-2)18(8-12)30-3/h4-9,11,14H,10H2,1-3H3,(H,25,27)/t14-/m1/s1. The Kier molecular flexibility index (Phi) is 4.74. The summed E-state index contributed by atoms with van der Waals surface area (Å²) in [5, 5.41) is 8.21. The second-order valence-corrected chi connectivity index (χ2v) is 8.12. The molecule has 1 aliphatic heterocycles. The van der Waals surface area contributed by atoms with Gasteiger partial charge in [-0.1, -0.05) is 17.4 Å². The van der Waals surface area contributed by atoms with Crippen molar-refractivity contribution < 1.29 is 19.0 Å². The van der Waals surface area contributed by atoms with E-state index in [1.165, 1.54) is 11.3 Å². The normalized spacial score (nSPS) is 15.5. The summed E-state index contributed by atoms with van der Waals surface area (Å²) in [6, 6.07) is 11.4. The first-order chi connectivity index (χ1) is 15.1. The molecule has 31 heavy (non-hydrogen) atoms. The van der Waals surface area contributed by atoms with Crippen LogP contribution in [0, 0.1) is 0 Å². The molecule has 2 aromatic carbocycles. The first kappa shape index (κ1) is 19.4. The number of fused-ring (bicyclic) bond motifs is 2. The van der Waals surface area contributed by atoms with Crippen molar-refractivity contribution in [3.63, 3.8) is 0 Å². The van der Waals surface area contributed by atoms with Crippen LogP contribution in [0.25, 0.3) is 15.3 Å². The van der Waals surface area contributed by atoms with Crippen LogP contribution in [-0.4, -0.2) is 42.0 Å². The van der Waals surface area contributed by atoms with E-state index < -0.39 is 0 Å². The van der Waals surface area contributed by atoms with Crippen molar-refractivity contribution in [2.45, 2.75) is 12.3 Å². The third kappa shape index (κ3) is 3.27. The molecule has 8 nitrogen and oxygen atoms in total. The highest BCUT2D eigenvalue weighted by Crippen LogP contribution is 2.41. The highest BCUT2D eigenvalue weighted by Gasteiger charge is 2.31. The van der Waals surface area contributed by atoms with Crippen LogP contribution in [0.5, 0.6) is 17.2 Å². The quantitative estimate of drug-likeness (QED) is 0.509. The molecule has 0 fully saturated rings. The molecule has 0 bridgehead atoms. The van der Waals surface area contributed by atoms with Crippen molar-refractivity contribution in [3.8, 4) is 22.4 Å². The maximum atomic E-state index is 12.6. The Bertz CT molecular complexity index is 1300. The van der Waals surface area contributed by atoms with Gasteiger partial charge in [-0.3, -0.25) is 4.79 Å². The van der Waals surface area contributed by atoms with E-state index in [9.17, 15) is 4.79 Å². The first-order valence-corrected chi connectivity index (χ1v) is 10.5. The molecule has 9 heteroatoms. The number of aromatic nitrogens is 3. The van der Waals surface area contributed by atoms with Crippen LogP contribution in [0.1, 0.15) is 23.5 Å². The summed E-state index contributed by atoms with van der Waals surface area (Å²) in [5.41, 5.74) is 2.75. The minimum atomic E-state index is -0.147. The van der Waals surface area contributed by atoms with Crippen molar-refractivity contribution in [3.05, 3.63) is 53.7 Å². The fraction of sp³-hybridized carbons (Fsp3) is 0.227. The van der Waals surface area contributed by atoms with Gasteiger partial charge in [0.2, 0.25) is 11.0 Å². The lowest BCUT2D eigenvalue weighted by Gasteiger charge is -2.24. The van der Waals surface area contributed by atoms with E-state index in [4.69, 9.17) is 14.2 Å². The molecule has 1 atom stereocenters. The van der Waals surface area contributed by atoms with Crippen LogP contribution in [0.3, 0.4) is 0 Å². The number of nitrogens with one attached hydrogen (secondary N) is 1. The summed E-state index contributed by atoms with van der Waals surface area (Å²) in [6.07, 6.45) is 2.12. The molecule has 1 N–H and O–H groups in total. The van der Waals surface area contributed by atoms with Crippen molar-refractivity contribution in [2.24, 2.45) is 0 Å². The molecule has 5 rings (SSSR count). The van der Waals surface area contributed by atoms with Gasteiger partial charge in [0.15, 0.2) is 11.5 Å². The summed E-state index contributed by atoms with van der Waals surface area (Å²) < 4.78 is 18.8. The molecule has 0 radical (unpaired) electrons. The minimum Gasteiger partial charge on any atom is -0.497 e. The van der Waals surface area contributed by atoms with Gasteiger partial charge in [-0.2, -0.15) is 9.78 Å². The molecule has 0 unspecified atom stereocenters. The molecule has 158 valence electrons. The number of anilines is 1. The van der Waals surface area contributed by atoms with Crippen LogP contribution < -0.4 is 19.5 Å². The highest BCUT2D eigenvalue weighted by molar-refractivity contribution is 7.20. The summed E-state index contributed by atoms with van der Waals surface area (Å²) in [7, 11) is 4.83. The molecular formula is C22H20N4O4S. The van der Waals surface area contributed by atoms with Crippen LogP contribution in [0.15, 0.2) is 42.6 Å². The lowest BCUT2D eigenvalue weighted by molar-refractivity contribution is -0.116. The number of benzene rings is 2. The Hall–Kier alpha value is -3.59. The predicted molar refractivity (Wildman–Crippen MR) is 118 cm³/mol. The van der Waals surface area contributed by atoms with Gasteiger partial charge < -0.3 is 19.5 Å². The molecule has 4 aromatic rings. The monoisotopic (exact) mass is 436 g/mol. The SMILES string of the molecule is COc1ccc2nc(-n3ncc4c3NC(=O)C[C@@H]4c3ccc(OC)c(OC)c3)sc2c1. The fourth-order valence-corrected chi connectivity index (χ4v) is 4.80. The number of carbonyl (C=O) groups is 1. The van der Waals surface area contributed by atoms with Crippen molar-refractivity contribution in [1.29, 1.82) is 0 Å². The zero-order chi connectivity index (χ0) is 21.5. The van der Waals surface area contributed by atoms with E-state index in [0.29, 0.717) is 28.9 Å². The second-order valence-electron chi connectivity index (χ2n) is 7.11. The number of methoxy groups -OCH3 is 3. The number of amides is 1. The lowest BCUT2D eigenvalue weighted by atomic mass is 9.87. The number of hydrogen-bond acceptors (Lipinski definition) is 7.